The number of imidazole rings is 1. The molecule has 1 aromatic heterocycles. The van der Waals surface area contributed by atoms with E-state index in [4.69, 9.17) is 0 Å². The molecular weight excluding hydrogens is 222 g/mol. The molecule has 3 heteroatoms. The summed E-state index contributed by atoms with van der Waals surface area (Å²) in [5, 5.41) is 3.08. The van der Waals surface area contributed by atoms with Gasteiger partial charge in [-0.05, 0) is 23.6 Å². The molecule has 0 atom stereocenters. The maximum Gasteiger partial charge on any atom is 0.120 e. The maximum absolute atomic E-state index is 4.34. The van der Waals surface area contributed by atoms with Crippen molar-refractivity contribution in [1.29, 1.82) is 0 Å². The highest BCUT2D eigenvalue weighted by molar-refractivity contribution is 5.59. The molecule has 0 radical (unpaired) electrons. The van der Waals surface area contributed by atoms with E-state index in [1.807, 2.05) is 13.2 Å². The molecule has 0 saturated heterocycles. The minimum atomic E-state index is 0.198. The topological polar surface area (TPSA) is 40.7 Å². The minimum Gasteiger partial charge on any atom is -0.341 e. The summed E-state index contributed by atoms with van der Waals surface area (Å²) in [6.07, 6.45) is 1.89. The Morgan fingerprint density at radius 3 is 2.39 bits per heavy atom. The third-order valence-corrected chi connectivity index (χ3v) is 3.03. The number of benzene rings is 1. The summed E-state index contributed by atoms with van der Waals surface area (Å²) in [4.78, 5) is 7.65. The van der Waals surface area contributed by atoms with E-state index in [0.717, 1.165) is 18.1 Å². The number of aromatic amines is 1. The molecule has 0 fully saturated rings. The van der Waals surface area contributed by atoms with Crippen molar-refractivity contribution >= 4 is 0 Å². The molecule has 0 saturated carbocycles. The van der Waals surface area contributed by atoms with Crippen LogP contribution >= 0.6 is 0 Å². The number of hydrogen-bond donors (Lipinski definition) is 2. The number of H-pyrrole nitrogens is 1. The van der Waals surface area contributed by atoms with Crippen molar-refractivity contribution in [2.75, 3.05) is 7.05 Å². The van der Waals surface area contributed by atoms with Gasteiger partial charge in [-0.1, -0.05) is 45.0 Å². The molecule has 0 spiro atoms. The molecule has 2 aromatic rings. The Kier molecular flexibility index (Phi) is 3.53. The lowest BCUT2D eigenvalue weighted by Gasteiger charge is -2.18. The van der Waals surface area contributed by atoms with E-state index < -0.39 is 0 Å². The number of nitrogens with one attached hydrogen (secondary N) is 2. The number of aromatic nitrogens is 2. The van der Waals surface area contributed by atoms with Crippen LogP contribution in [0.2, 0.25) is 0 Å². The summed E-state index contributed by atoms with van der Waals surface area (Å²) < 4.78 is 0. The van der Waals surface area contributed by atoms with E-state index in [0.29, 0.717) is 0 Å². The van der Waals surface area contributed by atoms with Gasteiger partial charge < -0.3 is 10.3 Å². The lowest BCUT2D eigenvalue weighted by Crippen LogP contribution is -2.10. The van der Waals surface area contributed by atoms with Gasteiger partial charge in [0, 0.05) is 0 Å². The zero-order chi connectivity index (χ0) is 13.2. The Balaban J connectivity index is 2.23. The molecule has 1 heterocycles. The Morgan fingerprint density at radius 2 is 1.83 bits per heavy atom. The van der Waals surface area contributed by atoms with Gasteiger partial charge in [-0.3, -0.25) is 0 Å². The molecule has 0 bridgehead atoms. The number of rotatable bonds is 3. The van der Waals surface area contributed by atoms with Gasteiger partial charge in [0.1, 0.15) is 5.82 Å². The molecule has 3 nitrogen and oxygen atoms in total. The molecule has 2 rings (SSSR count). The van der Waals surface area contributed by atoms with Crippen molar-refractivity contribution in [1.82, 2.24) is 15.3 Å². The summed E-state index contributed by atoms with van der Waals surface area (Å²) in [7, 11) is 1.92. The Bertz CT molecular complexity index is 503. The lowest BCUT2D eigenvalue weighted by molar-refractivity contribution is 0.590. The fourth-order valence-electron chi connectivity index (χ4n) is 1.92. The van der Waals surface area contributed by atoms with E-state index in [-0.39, 0.29) is 5.41 Å². The van der Waals surface area contributed by atoms with Crippen molar-refractivity contribution in [2.24, 2.45) is 0 Å². The molecule has 0 aliphatic carbocycles. The summed E-state index contributed by atoms with van der Waals surface area (Å²) >= 11 is 0. The Labute approximate surface area is 109 Å². The second kappa shape index (κ2) is 4.94. The molecule has 0 unspecified atom stereocenters. The average Bonchev–Trinajstić information content (AvgIpc) is 2.77. The third kappa shape index (κ3) is 2.79. The molecule has 1 aromatic carbocycles. The smallest absolute Gasteiger partial charge is 0.120 e. The van der Waals surface area contributed by atoms with E-state index >= 15 is 0 Å². The fourth-order valence-corrected chi connectivity index (χ4v) is 1.92. The van der Waals surface area contributed by atoms with Crippen LogP contribution in [0.25, 0.3) is 11.3 Å². The zero-order valence-electron chi connectivity index (χ0n) is 11.5. The van der Waals surface area contributed by atoms with Gasteiger partial charge in [-0.25, -0.2) is 4.98 Å². The first-order chi connectivity index (χ1) is 8.50. The molecule has 96 valence electrons. The van der Waals surface area contributed by atoms with Crippen molar-refractivity contribution in [3.8, 4) is 11.3 Å². The quantitative estimate of drug-likeness (QED) is 0.869. The van der Waals surface area contributed by atoms with Gasteiger partial charge in [0.25, 0.3) is 0 Å². The number of hydrogen-bond acceptors (Lipinski definition) is 2. The van der Waals surface area contributed by atoms with Crippen molar-refractivity contribution in [3.63, 3.8) is 0 Å². The summed E-state index contributed by atoms with van der Waals surface area (Å²) in [5.74, 6) is 0.965. The second-order valence-electron chi connectivity index (χ2n) is 5.60. The van der Waals surface area contributed by atoms with Crippen LogP contribution in [0.1, 0.15) is 32.2 Å². The van der Waals surface area contributed by atoms with Crippen LogP contribution in [0.5, 0.6) is 0 Å². The third-order valence-electron chi connectivity index (χ3n) is 3.03. The molecular formula is C15H21N3. The van der Waals surface area contributed by atoms with Crippen LogP contribution < -0.4 is 5.32 Å². The molecule has 2 N–H and O–H groups in total. The van der Waals surface area contributed by atoms with Gasteiger partial charge >= 0.3 is 0 Å². The van der Waals surface area contributed by atoms with Gasteiger partial charge in [-0.2, -0.15) is 0 Å². The summed E-state index contributed by atoms with van der Waals surface area (Å²) in [5.41, 5.74) is 3.80. The fraction of sp³-hybridized carbons (Fsp3) is 0.400. The molecule has 0 aliphatic heterocycles. The first-order valence-electron chi connectivity index (χ1n) is 6.30. The first-order valence-corrected chi connectivity index (χ1v) is 6.30. The van der Waals surface area contributed by atoms with Gasteiger partial charge in [-0.15, -0.1) is 0 Å². The molecule has 18 heavy (non-hydrogen) atoms. The largest absolute Gasteiger partial charge is 0.341 e. The summed E-state index contributed by atoms with van der Waals surface area (Å²) in [6.45, 7) is 7.44. The van der Waals surface area contributed by atoms with E-state index in [1.165, 1.54) is 11.1 Å². The van der Waals surface area contributed by atoms with Crippen LogP contribution in [0.4, 0.5) is 0 Å². The standard InChI is InChI=1S/C15H21N3/c1-15(2,3)12-7-5-11(6-8-12)13-9-17-14(18-13)10-16-4/h5-9,16H,10H2,1-4H3,(H,17,18). The van der Waals surface area contributed by atoms with Crippen molar-refractivity contribution in [2.45, 2.75) is 32.7 Å². The normalized spacial score (nSPS) is 11.8. The maximum atomic E-state index is 4.34. The molecule has 0 amide bonds. The van der Waals surface area contributed by atoms with Crippen LogP contribution in [0.3, 0.4) is 0 Å². The summed E-state index contributed by atoms with van der Waals surface area (Å²) in [6, 6.07) is 8.68. The Hall–Kier alpha value is -1.61. The van der Waals surface area contributed by atoms with Crippen LogP contribution in [0.15, 0.2) is 30.5 Å². The van der Waals surface area contributed by atoms with Gasteiger partial charge in [0.05, 0.1) is 18.4 Å². The van der Waals surface area contributed by atoms with Gasteiger partial charge in [0.15, 0.2) is 0 Å². The van der Waals surface area contributed by atoms with Crippen LogP contribution in [-0.4, -0.2) is 17.0 Å². The van der Waals surface area contributed by atoms with Crippen molar-refractivity contribution in [3.05, 3.63) is 41.9 Å². The first kappa shape index (κ1) is 12.8. The Morgan fingerprint density at radius 1 is 1.17 bits per heavy atom. The van der Waals surface area contributed by atoms with E-state index in [9.17, 15) is 0 Å². The monoisotopic (exact) mass is 243 g/mol. The van der Waals surface area contributed by atoms with E-state index in [2.05, 4.69) is 60.3 Å². The highest BCUT2D eigenvalue weighted by atomic mass is 15.0. The predicted octanol–water partition coefficient (Wildman–Crippen LogP) is 3.09. The number of nitrogens with zero attached hydrogens (tertiary/aromatic N) is 1. The highest BCUT2D eigenvalue weighted by Gasteiger charge is 2.13. The average molecular weight is 243 g/mol. The van der Waals surface area contributed by atoms with E-state index in [1.54, 1.807) is 0 Å². The van der Waals surface area contributed by atoms with Crippen LogP contribution in [0, 0.1) is 0 Å². The lowest BCUT2D eigenvalue weighted by atomic mass is 9.86. The zero-order valence-corrected chi connectivity index (χ0v) is 11.5. The minimum absolute atomic E-state index is 0.198. The van der Waals surface area contributed by atoms with Crippen molar-refractivity contribution < 1.29 is 0 Å². The van der Waals surface area contributed by atoms with Crippen LogP contribution in [-0.2, 0) is 12.0 Å². The highest BCUT2D eigenvalue weighted by Crippen LogP contribution is 2.25. The predicted molar refractivity (Wildman–Crippen MR) is 75.5 cm³/mol. The SMILES string of the molecule is CNCc1ncc(-c2ccc(C(C)(C)C)cc2)[nH]1. The second-order valence-corrected chi connectivity index (χ2v) is 5.60. The van der Waals surface area contributed by atoms with Gasteiger partial charge in [0.2, 0.25) is 0 Å². The molecule has 0 aliphatic rings.